The van der Waals surface area contributed by atoms with Crippen molar-refractivity contribution in [3.63, 3.8) is 0 Å². The summed E-state index contributed by atoms with van der Waals surface area (Å²) >= 11 is 15.2. The number of fused-ring (bicyclic) bond motifs is 1. The smallest absolute Gasteiger partial charge is 0.313 e. The Labute approximate surface area is 275 Å². The molecular formula is C23H22Cl2N10O7S3. The van der Waals surface area contributed by atoms with Gasteiger partial charge in [0.05, 0.1) is 10.7 Å². The Hall–Kier alpha value is -3.85. The number of thiazole rings is 1. The van der Waals surface area contributed by atoms with E-state index in [9.17, 15) is 29.4 Å². The lowest BCUT2D eigenvalue weighted by Crippen LogP contribution is -2.74. The van der Waals surface area contributed by atoms with E-state index in [0.29, 0.717) is 5.16 Å². The highest BCUT2D eigenvalue weighted by Gasteiger charge is 2.57. The summed E-state index contributed by atoms with van der Waals surface area (Å²) < 4.78 is 1.42. The first-order valence-electron chi connectivity index (χ1n) is 12.6. The van der Waals surface area contributed by atoms with Crippen LogP contribution in [0.2, 0.25) is 10.0 Å². The fourth-order valence-electron chi connectivity index (χ4n) is 4.27. The number of carboxylic acid groups (broad SMARTS) is 1. The number of aromatic nitrogens is 5. The van der Waals surface area contributed by atoms with E-state index in [-0.39, 0.29) is 50.3 Å². The molecule has 0 saturated carbocycles. The van der Waals surface area contributed by atoms with Gasteiger partial charge in [-0.15, -0.1) is 28.2 Å². The minimum absolute atomic E-state index is 0.0368. The molecule has 0 spiro atoms. The SMILES string of the molecule is Cn1nnnc1SCC1(C(=O)O)CS[C@@H]2C(NC(=O)C(=NOCC(=O)Nc3cc(Cl)cc(Cl)c3O)c3csc(N)n3)C(=O)N2C1. The van der Waals surface area contributed by atoms with Gasteiger partial charge in [0.2, 0.25) is 11.1 Å². The number of rotatable bonds is 11. The number of aryl methyl sites for hydroxylation is 1. The van der Waals surface area contributed by atoms with Gasteiger partial charge in [-0.2, -0.15) is 0 Å². The van der Waals surface area contributed by atoms with E-state index in [1.54, 1.807) is 7.05 Å². The maximum atomic E-state index is 13.3. The Bertz CT molecular complexity index is 1700. The van der Waals surface area contributed by atoms with Gasteiger partial charge in [-0.3, -0.25) is 19.2 Å². The highest BCUT2D eigenvalue weighted by Crippen LogP contribution is 2.44. The second-order valence-electron chi connectivity index (χ2n) is 9.69. The van der Waals surface area contributed by atoms with Crippen LogP contribution < -0.4 is 16.4 Å². The number of halogens is 2. The van der Waals surface area contributed by atoms with Crippen molar-refractivity contribution in [3.05, 3.63) is 33.3 Å². The fourth-order valence-corrected chi connectivity index (χ4v) is 8.02. The minimum Gasteiger partial charge on any atom is -0.504 e. The molecule has 17 nitrogen and oxygen atoms in total. The first kappa shape index (κ1) is 32.5. The molecular weight excluding hydrogens is 695 g/mol. The van der Waals surface area contributed by atoms with Gasteiger partial charge in [0, 0.05) is 35.5 Å². The monoisotopic (exact) mass is 716 g/mol. The zero-order valence-electron chi connectivity index (χ0n) is 22.8. The van der Waals surface area contributed by atoms with E-state index >= 15 is 0 Å². The number of nitrogens with two attached hydrogens (primary N) is 1. The van der Waals surface area contributed by atoms with Gasteiger partial charge < -0.3 is 36.3 Å². The number of carbonyl (C=O) groups excluding carboxylic acids is 3. The van der Waals surface area contributed by atoms with Crippen molar-refractivity contribution in [2.24, 2.45) is 17.6 Å². The molecule has 6 N–H and O–H groups in total. The predicted octanol–water partition coefficient (Wildman–Crippen LogP) is 0.884. The van der Waals surface area contributed by atoms with Crippen molar-refractivity contribution in [1.29, 1.82) is 0 Å². The van der Waals surface area contributed by atoms with Crippen LogP contribution >= 0.6 is 58.1 Å². The third kappa shape index (κ3) is 6.88. The molecule has 45 heavy (non-hydrogen) atoms. The Morgan fingerprint density at radius 2 is 2.11 bits per heavy atom. The van der Waals surface area contributed by atoms with E-state index in [0.717, 1.165) is 11.3 Å². The molecule has 2 fully saturated rings. The fraction of sp³-hybridized carbons (Fsp3) is 0.348. The standard InChI is InChI=1S/C23H22Cl2N10O7S3/c1-34-22(30-32-33-34)45-8-23(20(40)41)6-35-18(39)15(19(35)44-7-23)29-17(38)14(12-5-43-21(26)28-12)31-42-4-13(36)27-11-3-9(24)2-10(25)16(11)37/h2-3,5,15,19,37H,4,6-8H2,1H3,(H2,26,28)(H,27,36)(H,29,38)(H,40,41)/t15?,19-,23?/m1/s1. The number of nitrogen functional groups attached to an aromatic ring is 1. The largest absolute Gasteiger partial charge is 0.504 e. The Morgan fingerprint density at radius 1 is 1.33 bits per heavy atom. The number of anilines is 2. The molecule has 2 aliphatic rings. The number of aliphatic carboxylic acids is 1. The number of phenolic OH excluding ortho intramolecular Hbond substituents is 1. The molecule has 2 unspecified atom stereocenters. The number of benzene rings is 1. The molecule has 1 aromatic carbocycles. The van der Waals surface area contributed by atoms with Crippen molar-refractivity contribution in [3.8, 4) is 5.75 Å². The number of thioether (sulfide) groups is 2. The van der Waals surface area contributed by atoms with Gasteiger partial charge in [0.1, 0.15) is 22.5 Å². The lowest BCUT2D eigenvalue weighted by atomic mass is 9.89. The summed E-state index contributed by atoms with van der Waals surface area (Å²) in [6.45, 7) is -0.757. The van der Waals surface area contributed by atoms with E-state index in [4.69, 9.17) is 33.8 Å². The van der Waals surface area contributed by atoms with Crippen LogP contribution in [-0.2, 0) is 31.1 Å². The van der Waals surface area contributed by atoms with Crippen molar-refractivity contribution >= 4 is 98.3 Å². The van der Waals surface area contributed by atoms with Crippen molar-refractivity contribution < 1.29 is 34.2 Å². The van der Waals surface area contributed by atoms with Gasteiger partial charge in [0.15, 0.2) is 23.2 Å². The van der Waals surface area contributed by atoms with E-state index in [1.807, 2.05) is 0 Å². The number of oxime groups is 1. The molecule has 22 heteroatoms. The summed E-state index contributed by atoms with van der Waals surface area (Å²) in [5.41, 5.74) is 4.07. The summed E-state index contributed by atoms with van der Waals surface area (Å²) in [6, 6.07) is 1.58. The molecule has 0 aliphatic carbocycles. The molecule has 3 atom stereocenters. The van der Waals surface area contributed by atoms with Crippen LogP contribution in [0.4, 0.5) is 10.8 Å². The molecule has 5 rings (SSSR count). The zero-order valence-corrected chi connectivity index (χ0v) is 26.8. The van der Waals surface area contributed by atoms with Gasteiger partial charge in [-0.25, -0.2) is 9.67 Å². The third-order valence-electron chi connectivity index (χ3n) is 6.58. The van der Waals surface area contributed by atoms with Crippen LogP contribution in [0.15, 0.2) is 27.8 Å². The second-order valence-corrected chi connectivity index (χ2v) is 13.5. The number of carbonyl (C=O) groups is 4. The number of β-lactam (4-membered cyclic amide) rings is 1. The summed E-state index contributed by atoms with van der Waals surface area (Å²) in [4.78, 5) is 61.7. The molecule has 3 aromatic rings. The lowest BCUT2D eigenvalue weighted by Gasteiger charge is -2.53. The number of nitrogens with zero attached hydrogens (tertiary/aromatic N) is 7. The number of hydrogen-bond donors (Lipinski definition) is 5. The molecule has 2 aromatic heterocycles. The first-order valence-corrected chi connectivity index (χ1v) is 16.3. The summed E-state index contributed by atoms with van der Waals surface area (Å²) in [6.07, 6.45) is 0. The Balaban J connectivity index is 1.23. The number of phenols is 1. The normalized spacial score (nSPS) is 21.1. The summed E-state index contributed by atoms with van der Waals surface area (Å²) in [7, 11) is 1.63. The molecule has 4 heterocycles. The van der Waals surface area contributed by atoms with E-state index in [1.165, 1.54) is 50.6 Å². The molecule has 3 amide bonds. The van der Waals surface area contributed by atoms with Gasteiger partial charge in [-0.05, 0) is 22.6 Å². The van der Waals surface area contributed by atoms with Crippen LogP contribution in [0, 0.1) is 5.41 Å². The number of carboxylic acids is 1. The number of aromatic hydroxyl groups is 1. The van der Waals surface area contributed by atoms with E-state index in [2.05, 4.69) is 36.3 Å². The first-order chi connectivity index (χ1) is 21.4. The predicted molar refractivity (Wildman–Crippen MR) is 165 cm³/mol. The summed E-state index contributed by atoms with van der Waals surface area (Å²) in [5.74, 6) is -3.26. The molecule has 238 valence electrons. The molecule has 0 bridgehead atoms. The van der Waals surface area contributed by atoms with Crippen molar-refractivity contribution in [2.75, 3.05) is 35.7 Å². The van der Waals surface area contributed by atoms with E-state index < -0.39 is 52.9 Å². The van der Waals surface area contributed by atoms with Gasteiger partial charge in [-0.1, -0.05) is 40.1 Å². The Morgan fingerprint density at radius 3 is 2.78 bits per heavy atom. The summed E-state index contributed by atoms with van der Waals surface area (Å²) in [5, 5.41) is 41.6. The van der Waals surface area contributed by atoms with Crippen LogP contribution in [0.25, 0.3) is 0 Å². The molecule has 2 aliphatic heterocycles. The number of tetrazole rings is 1. The maximum absolute atomic E-state index is 13.3. The number of nitrogens with one attached hydrogen (secondary N) is 2. The van der Waals surface area contributed by atoms with Crippen molar-refractivity contribution in [1.82, 2.24) is 35.4 Å². The van der Waals surface area contributed by atoms with Crippen molar-refractivity contribution in [2.45, 2.75) is 16.6 Å². The average Bonchev–Trinajstić information content (AvgIpc) is 3.62. The van der Waals surface area contributed by atoms with Gasteiger partial charge >= 0.3 is 5.97 Å². The maximum Gasteiger partial charge on any atom is 0.313 e. The molecule has 0 radical (unpaired) electrons. The number of amides is 3. The van der Waals surface area contributed by atoms with Crippen LogP contribution in [-0.4, -0.2) is 106 Å². The van der Waals surface area contributed by atoms with Crippen LogP contribution in [0.5, 0.6) is 5.75 Å². The minimum atomic E-state index is -1.27. The quantitative estimate of drug-likeness (QED) is 0.0609. The second kappa shape index (κ2) is 13.3. The highest BCUT2D eigenvalue weighted by molar-refractivity contribution is 8.00. The molecule has 2 saturated heterocycles. The van der Waals surface area contributed by atoms with Crippen LogP contribution in [0.3, 0.4) is 0 Å². The Kier molecular flexibility index (Phi) is 9.58. The van der Waals surface area contributed by atoms with Gasteiger partial charge in [0.25, 0.3) is 11.8 Å². The third-order valence-corrected chi connectivity index (χ3v) is 10.6. The topological polar surface area (TPSA) is 240 Å². The lowest BCUT2D eigenvalue weighted by molar-refractivity contribution is -0.157. The average molecular weight is 718 g/mol. The zero-order chi connectivity index (χ0) is 32.5. The van der Waals surface area contributed by atoms with Crippen LogP contribution in [0.1, 0.15) is 5.69 Å². The highest BCUT2D eigenvalue weighted by atomic mass is 35.5. The number of hydrogen-bond acceptors (Lipinski definition) is 15.